The summed E-state index contributed by atoms with van der Waals surface area (Å²) in [6.45, 7) is 10.00. The number of hydrogen-bond donors (Lipinski definition) is 1. The van der Waals surface area contributed by atoms with E-state index in [0.29, 0.717) is 0 Å². The summed E-state index contributed by atoms with van der Waals surface area (Å²) in [4.78, 5) is 2.56. The molecule has 0 saturated heterocycles. The molecule has 2 rings (SSSR count). The molecule has 0 aliphatic carbocycles. The molecule has 2 heteroatoms. The molecule has 0 aromatic heterocycles. The van der Waals surface area contributed by atoms with Gasteiger partial charge < -0.3 is 5.32 Å². The summed E-state index contributed by atoms with van der Waals surface area (Å²) in [5.41, 5.74) is 4.49. The van der Waals surface area contributed by atoms with E-state index in [2.05, 4.69) is 42.3 Å². The average molecular weight is 232 g/mol. The highest BCUT2D eigenvalue weighted by atomic mass is 15.1. The number of hydrogen-bond acceptors (Lipinski definition) is 2. The normalized spacial score (nSPS) is 15.2. The number of nitrogens with one attached hydrogen (secondary N) is 1. The summed E-state index contributed by atoms with van der Waals surface area (Å²) in [7, 11) is 0. The summed E-state index contributed by atoms with van der Waals surface area (Å²) in [6, 6.07) is 6.96. The van der Waals surface area contributed by atoms with Crippen molar-refractivity contribution in [3.8, 4) is 0 Å². The van der Waals surface area contributed by atoms with Gasteiger partial charge in [-0.05, 0) is 36.2 Å². The minimum absolute atomic E-state index is 0.999. The van der Waals surface area contributed by atoms with Crippen LogP contribution in [0.25, 0.3) is 0 Å². The Morgan fingerprint density at radius 1 is 1.18 bits per heavy atom. The van der Waals surface area contributed by atoms with Crippen molar-refractivity contribution in [1.82, 2.24) is 10.2 Å². The predicted octanol–water partition coefficient (Wildman–Crippen LogP) is 2.91. The molecule has 0 amide bonds. The van der Waals surface area contributed by atoms with Gasteiger partial charge in [-0.1, -0.05) is 38.5 Å². The molecule has 0 saturated carbocycles. The monoisotopic (exact) mass is 232 g/mol. The zero-order chi connectivity index (χ0) is 12.1. The fourth-order valence-electron chi connectivity index (χ4n) is 2.44. The summed E-state index contributed by atoms with van der Waals surface area (Å²) >= 11 is 0. The Hall–Kier alpha value is -0.860. The Bertz CT molecular complexity index is 360. The molecule has 2 nitrogen and oxygen atoms in total. The maximum Gasteiger partial charge on any atom is 0.0240 e. The second-order valence-corrected chi connectivity index (χ2v) is 4.95. The van der Waals surface area contributed by atoms with Gasteiger partial charge in [-0.2, -0.15) is 0 Å². The van der Waals surface area contributed by atoms with Crippen molar-refractivity contribution in [1.29, 1.82) is 0 Å². The molecule has 1 heterocycles. The van der Waals surface area contributed by atoms with E-state index in [0.717, 1.165) is 26.2 Å². The lowest BCUT2D eigenvalue weighted by molar-refractivity contribution is 0.279. The molecule has 1 aliphatic rings. The first-order valence-corrected chi connectivity index (χ1v) is 6.87. The van der Waals surface area contributed by atoms with Crippen LogP contribution in [0.15, 0.2) is 18.2 Å². The van der Waals surface area contributed by atoms with Gasteiger partial charge in [0.1, 0.15) is 0 Å². The molecule has 1 N–H and O–H groups in total. The molecule has 0 atom stereocenters. The van der Waals surface area contributed by atoms with E-state index >= 15 is 0 Å². The average Bonchev–Trinajstić information content (AvgIpc) is 2.75. The van der Waals surface area contributed by atoms with Crippen molar-refractivity contribution in [3.05, 3.63) is 34.9 Å². The number of fused-ring (bicyclic) bond motifs is 1. The van der Waals surface area contributed by atoms with Crippen molar-refractivity contribution < 1.29 is 0 Å². The fourth-order valence-corrected chi connectivity index (χ4v) is 2.44. The highest BCUT2D eigenvalue weighted by Gasteiger charge is 2.18. The quantitative estimate of drug-likeness (QED) is 0.811. The third-order valence-corrected chi connectivity index (χ3v) is 3.47. The minimum Gasteiger partial charge on any atom is -0.313 e. The lowest BCUT2D eigenvalue weighted by Crippen LogP contribution is -2.17. The molecule has 1 aromatic rings. The zero-order valence-electron chi connectivity index (χ0n) is 11.1. The van der Waals surface area contributed by atoms with Crippen LogP contribution in [0.4, 0.5) is 0 Å². The molecular weight excluding hydrogens is 208 g/mol. The SMILES string of the molecule is CCCCN1Cc2ccc(CNCC)cc2C1. The van der Waals surface area contributed by atoms with Gasteiger partial charge in [-0.3, -0.25) is 4.90 Å². The van der Waals surface area contributed by atoms with Crippen molar-refractivity contribution in [2.75, 3.05) is 13.1 Å². The van der Waals surface area contributed by atoms with E-state index in [9.17, 15) is 0 Å². The Kier molecular flexibility index (Phi) is 4.57. The van der Waals surface area contributed by atoms with Crippen molar-refractivity contribution >= 4 is 0 Å². The van der Waals surface area contributed by atoms with E-state index in [1.165, 1.54) is 36.1 Å². The number of rotatable bonds is 6. The second-order valence-electron chi connectivity index (χ2n) is 4.95. The van der Waals surface area contributed by atoms with E-state index in [1.54, 1.807) is 0 Å². The Labute approximate surface area is 105 Å². The predicted molar refractivity (Wildman–Crippen MR) is 72.8 cm³/mol. The molecule has 0 unspecified atom stereocenters. The molecule has 0 bridgehead atoms. The first-order chi connectivity index (χ1) is 8.33. The fraction of sp³-hybridized carbons (Fsp3) is 0.600. The lowest BCUT2D eigenvalue weighted by atomic mass is 10.1. The third-order valence-electron chi connectivity index (χ3n) is 3.47. The molecule has 0 radical (unpaired) electrons. The Balaban J connectivity index is 1.95. The van der Waals surface area contributed by atoms with Gasteiger partial charge in [0.2, 0.25) is 0 Å². The second kappa shape index (κ2) is 6.18. The van der Waals surface area contributed by atoms with Gasteiger partial charge in [0.05, 0.1) is 0 Å². The van der Waals surface area contributed by atoms with Crippen molar-refractivity contribution in [2.45, 2.75) is 46.3 Å². The van der Waals surface area contributed by atoms with E-state index in [-0.39, 0.29) is 0 Å². The van der Waals surface area contributed by atoms with E-state index in [1.807, 2.05) is 0 Å². The first-order valence-electron chi connectivity index (χ1n) is 6.87. The van der Waals surface area contributed by atoms with Crippen molar-refractivity contribution in [2.24, 2.45) is 0 Å². The van der Waals surface area contributed by atoms with Gasteiger partial charge in [-0.15, -0.1) is 0 Å². The van der Waals surface area contributed by atoms with Crippen LogP contribution in [0, 0.1) is 0 Å². The minimum atomic E-state index is 0.999. The number of nitrogens with zero attached hydrogens (tertiary/aromatic N) is 1. The lowest BCUT2D eigenvalue weighted by Gasteiger charge is -2.13. The Morgan fingerprint density at radius 2 is 2.00 bits per heavy atom. The van der Waals surface area contributed by atoms with Gasteiger partial charge >= 0.3 is 0 Å². The van der Waals surface area contributed by atoms with Crippen LogP contribution in [0.1, 0.15) is 43.4 Å². The maximum atomic E-state index is 3.39. The third kappa shape index (κ3) is 3.30. The molecular formula is C15H24N2. The summed E-state index contributed by atoms with van der Waals surface area (Å²) in [5, 5.41) is 3.39. The molecule has 1 aliphatic heterocycles. The molecule has 1 aromatic carbocycles. The van der Waals surface area contributed by atoms with Crippen LogP contribution in [-0.2, 0) is 19.6 Å². The van der Waals surface area contributed by atoms with Crippen LogP contribution >= 0.6 is 0 Å². The number of unbranched alkanes of at least 4 members (excludes halogenated alkanes) is 1. The highest BCUT2D eigenvalue weighted by Crippen LogP contribution is 2.24. The van der Waals surface area contributed by atoms with Gasteiger partial charge in [0.25, 0.3) is 0 Å². The Morgan fingerprint density at radius 3 is 2.76 bits per heavy atom. The largest absolute Gasteiger partial charge is 0.313 e. The van der Waals surface area contributed by atoms with Gasteiger partial charge in [0, 0.05) is 19.6 Å². The van der Waals surface area contributed by atoms with Crippen LogP contribution in [0.5, 0.6) is 0 Å². The van der Waals surface area contributed by atoms with E-state index < -0.39 is 0 Å². The molecule has 0 spiro atoms. The van der Waals surface area contributed by atoms with Gasteiger partial charge in [-0.25, -0.2) is 0 Å². The molecule has 17 heavy (non-hydrogen) atoms. The summed E-state index contributed by atoms with van der Waals surface area (Å²) < 4.78 is 0. The maximum absolute atomic E-state index is 3.39. The summed E-state index contributed by atoms with van der Waals surface area (Å²) in [5.74, 6) is 0. The van der Waals surface area contributed by atoms with Crippen LogP contribution in [0.2, 0.25) is 0 Å². The first kappa shape index (κ1) is 12.6. The standard InChI is InChI=1S/C15H24N2/c1-3-5-8-17-11-14-7-6-13(10-16-4-2)9-15(14)12-17/h6-7,9,16H,3-5,8,10-12H2,1-2H3. The smallest absolute Gasteiger partial charge is 0.0240 e. The van der Waals surface area contributed by atoms with Crippen LogP contribution in [0.3, 0.4) is 0 Å². The topological polar surface area (TPSA) is 15.3 Å². The van der Waals surface area contributed by atoms with Crippen LogP contribution < -0.4 is 5.32 Å². The summed E-state index contributed by atoms with van der Waals surface area (Å²) in [6.07, 6.45) is 2.61. The van der Waals surface area contributed by atoms with Crippen molar-refractivity contribution in [3.63, 3.8) is 0 Å². The number of benzene rings is 1. The highest BCUT2D eigenvalue weighted by molar-refractivity contribution is 5.34. The van der Waals surface area contributed by atoms with Gasteiger partial charge in [0.15, 0.2) is 0 Å². The van der Waals surface area contributed by atoms with Crippen LogP contribution in [-0.4, -0.2) is 18.0 Å². The molecule has 94 valence electrons. The van der Waals surface area contributed by atoms with E-state index in [4.69, 9.17) is 0 Å². The molecule has 0 fully saturated rings. The zero-order valence-corrected chi connectivity index (χ0v) is 11.1.